The fraction of sp³-hybridized carbons (Fsp3) is 0.917. The first-order valence-corrected chi connectivity index (χ1v) is 10.8. The number of sulfonamides is 1. The average molecular weight is 353 g/mol. The smallest absolute Gasteiger partial charge is 0.221 e. The van der Waals surface area contributed by atoms with Crippen molar-refractivity contribution in [1.82, 2.24) is 14.5 Å². The highest BCUT2D eigenvalue weighted by Gasteiger charge is 2.30. The van der Waals surface area contributed by atoms with Gasteiger partial charge in [0.25, 0.3) is 0 Å². The lowest BCUT2D eigenvalue weighted by molar-refractivity contribution is -0.121. The minimum atomic E-state index is -3.43. The third-order valence-corrected chi connectivity index (χ3v) is 7.68. The first-order chi connectivity index (χ1) is 10.2. The van der Waals surface area contributed by atoms with E-state index >= 15 is 0 Å². The predicted octanol–water partition coefficient (Wildman–Crippen LogP) is -1.74. The molecule has 10 heteroatoms. The summed E-state index contributed by atoms with van der Waals surface area (Å²) in [6.07, 6.45) is 0.268. The van der Waals surface area contributed by atoms with Gasteiger partial charge in [0.05, 0.1) is 17.3 Å². The van der Waals surface area contributed by atoms with E-state index in [9.17, 15) is 21.6 Å². The van der Waals surface area contributed by atoms with Crippen molar-refractivity contribution in [3.05, 3.63) is 0 Å². The van der Waals surface area contributed by atoms with Gasteiger partial charge in [0.1, 0.15) is 0 Å². The van der Waals surface area contributed by atoms with Crippen molar-refractivity contribution in [2.24, 2.45) is 0 Å². The maximum atomic E-state index is 12.2. The molecule has 8 nitrogen and oxygen atoms in total. The summed E-state index contributed by atoms with van der Waals surface area (Å²) in [6.45, 7) is 2.26. The van der Waals surface area contributed by atoms with Crippen LogP contribution in [0.4, 0.5) is 0 Å². The Morgan fingerprint density at radius 1 is 1.23 bits per heavy atom. The number of hydrogen-bond donors (Lipinski definition) is 1. The molecule has 2 aliphatic heterocycles. The molecular formula is C12H23N3O5S2. The van der Waals surface area contributed by atoms with Crippen molar-refractivity contribution in [1.29, 1.82) is 0 Å². The fourth-order valence-electron chi connectivity index (χ4n) is 2.63. The number of likely N-dealkylation sites (N-methyl/N-ethyl adjacent to an activating group) is 1. The molecule has 2 saturated heterocycles. The molecule has 128 valence electrons. The summed E-state index contributed by atoms with van der Waals surface area (Å²) in [4.78, 5) is 13.8. The first kappa shape index (κ1) is 17.6. The molecule has 0 spiro atoms. The topological polar surface area (TPSA) is 104 Å². The Morgan fingerprint density at radius 2 is 1.86 bits per heavy atom. The normalized spacial score (nSPS) is 26.9. The molecule has 2 heterocycles. The van der Waals surface area contributed by atoms with Crippen LogP contribution in [0.5, 0.6) is 0 Å². The minimum absolute atomic E-state index is 0.0516. The van der Waals surface area contributed by atoms with E-state index in [0.717, 1.165) is 0 Å². The number of nitrogens with zero attached hydrogens (tertiary/aromatic N) is 2. The SMILES string of the molecule is CN1CCN(S(=O)(=O)CCC(=O)NC2CCS(=O)(=O)C2)CC1. The molecule has 1 unspecified atom stereocenters. The summed E-state index contributed by atoms with van der Waals surface area (Å²) in [6, 6.07) is -0.385. The Labute approximate surface area is 131 Å². The number of nitrogens with one attached hydrogen (secondary N) is 1. The number of sulfone groups is 1. The third kappa shape index (κ3) is 4.90. The van der Waals surface area contributed by atoms with Crippen LogP contribution in [0.3, 0.4) is 0 Å². The van der Waals surface area contributed by atoms with E-state index in [2.05, 4.69) is 10.2 Å². The zero-order valence-corrected chi connectivity index (χ0v) is 14.3. The zero-order valence-electron chi connectivity index (χ0n) is 12.7. The summed E-state index contributed by atoms with van der Waals surface area (Å²) in [5.74, 6) is -0.608. The van der Waals surface area contributed by atoms with Crippen molar-refractivity contribution in [2.45, 2.75) is 18.9 Å². The lowest BCUT2D eigenvalue weighted by Crippen LogP contribution is -2.48. The summed E-state index contributed by atoms with van der Waals surface area (Å²) in [5.41, 5.74) is 0. The molecule has 0 aliphatic carbocycles. The van der Waals surface area contributed by atoms with Gasteiger partial charge in [-0.2, -0.15) is 4.31 Å². The van der Waals surface area contributed by atoms with Crippen LogP contribution >= 0.6 is 0 Å². The Hall–Kier alpha value is -0.710. The standard InChI is InChI=1S/C12H23N3O5S2/c1-14-4-6-15(7-5-14)22(19,20)9-3-12(16)13-11-2-8-21(17,18)10-11/h11H,2-10H2,1H3,(H,13,16). The van der Waals surface area contributed by atoms with Gasteiger partial charge in [-0.1, -0.05) is 0 Å². The number of amides is 1. The molecule has 1 atom stereocenters. The van der Waals surface area contributed by atoms with E-state index in [1.807, 2.05) is 7.05 Å². The number of piperazine rings is 1. The monoisotopic (exact) mass is 353 g/mol. The van der Waals surface area contributed by atoms with Crippen LogP contribution in [0, 0.1) is 0 Å². The predicted molar refractivity (Wildman–Crippen MR) is 82.7 cm³/mol. The summed E-state index contributed by atoms with van der Waals surface area (Å²) in [7, 11) is -4.55. The molecule has 1 N–H and O–H groups in total. The van der Waals surface area contributed by atoms with Crippen LogP contribution in [0.2, 0.25) is 0 Å². The van der Waals surface area contributed by atoms with Crippen molar-refractivity contribution in [2.75, 3.05) is 50.5 Å². The van der Waals surface area contributed by atoms with E-state index < -0.39 is 25.8 Å². The van der Waals surface area contributed by atoms with Gasteiger partial charge in [-0.25, -0.2) is 16.8 Å². The highest BCUT2D eigenvalue weighted by molar-refractivity contribution is 7.91. The molecule has 0 aromatic rings. The molecule has 1 amide bonds. The van der Waals surface area contributed by atoms with Gasteiger partial charge < -0.3 is 10.2 Å². The summed E-state index contributed by atoms with van der Waals surface area (Å²) in [5, 5.41) is 2.61. The van der Waals surface area contributed by atoms with Crippen molar-refractivity contribution >= 4 is 25.8 Å². The summed E-state index contributed by atoms with van der Waals surface area (Å²) >= 11 is 0. The van der Waals surface area contributed by atoms with Gasteiger partial charge in [-0.15, -0.1) is 0 Å². The van der Waals surface area contributed by atoms with Gasteiger partial charge in [-0.05, 0) is 13.5 Å². The molecule has 0 aromatic heterocycles. The molecule has 2 aliphatic rings. The van der Waals surface area contributed by atoms with Crippen molar-refractivity contribution in [3.63, 3.8) is 0 Å². The van der Waals surface area contributed by atoms with Crippen LogP contribution in [-0.4, -0.2) is 88.5 Å². The highest BCUT2D eigenvalue weighted by Crippen LogP contribution is 2.12. The second-order valence-corrected chi connectivity index (χ2v) is 10.3. The molecule has 0 saturated carbocycles. The number of carbonyl (C=O) groups is 1. The number of carbonyl (C=O) groups excluding carboxylic acids is 1. The molecule has 2 fully saturated rings. The second-order valence-electron chi connectivity index (χ2n) is 5.94. The maximum Gasteiger partial charge on any atom is 0.221 e. The molecule has 22 heavy (non-hydrogen) atoms. The van der Waals surface area contributed by atoms with Gasteiger partial charge in [0, 0.05) is 38.6 Å². The van der Waals surface area contributed by atoms with E-state index in [4.69, 9.17) is 0 Å². The Bertz CT molecular complexity index is 609. The molecule has 0 aromatic carbocycles. The lowest BCUT2D eigenvalue weighted by Gasteiger charge is -2.31. The van der Waals surface area contributed by atoms with Gasteiger partial charge in [-0.3, -0.25) is 4.79 Å². The zero-order chi connectivity index (χ0) is 16.4. The fourth-order valence-corrected chi connectivity index (χ4v) is 5.72. The Morgan fingerprint density at radius 3 is 2.41 bits per heavy atom. The maximum absolute atomic E-state index is 12.2. The molecular weight excluding hydrogens is 330 g/mol. The van der Waals surface area contributed by atoms with Gasteiger partial charge >= 0.3 is 0 Å². The lowest BCUT2D eigenvalue weighted by atomic mass is 10.2. The van der Waals surface area contributed by atoms with E-state index in [0.29, 0.717) is 32.6 Å². The number of hydrogen-bond acceptors (Lipinski definition) is 6. The average Bonchev–Trinajstić information content (AvgIpc) is 2.76. The molecule has 0 radical (unpaired) electrons. The quantitative estimate of drug-likeness (QED) is 0.629. The van der Waals surface area contributed by atoms with Crippen LogP contribution in [-0.2, 0) is 24.7 Å². The first-order valence-electron chi connectivity index (χ1n) is 7.34. The third-order valence-electron chi connectivity index (χ3n) is 4.04. The molecule has 2 rings (SSSR count). The molecule has 0 bridgehead atoms. The minimum Gasteiger partial charge on any atom is -0.352 e. The largest absolute Gasteiger partial charge is 0.352 e. The van der Waals surface area contributed by atoms with Gasteiger partial charge in [0.15, 0.2) is 9.84 Å². The Balaban J connectivity index is 1.78. The Kier molecular flexibility index (Phi) is 5.46. The van der Waals surface area contributed by atoms with Crippen molar-refractivity contribution in [3.8, 4) is 0 Å². The highest BCUT2D eigenvalue weighted by atomic mass is 32.2. The van der Waals surface area contributed by atoms with Crippen molar-refractivity contribution < 1.29 is 21.6 Å². The van der Waals surface area contributed by atoms with Crippen LogP contribution in [0.15, 0.2) is 0 Å². The number of rotatable bonds is 5. The van der Waals surface area contributed by atoms with Crippen LogP contribution in [0.25, 0.3) is 0 Å². The van der Waals surface area contributed by atoms with Crippen LogP contribution < -0.4 is 5.32 Å². The van der Waals surface area contributed by atoms with E-state index in [1.165, 1.54) is 4.31 Å². The second kappa shape index (κ2) is 6.81. The van der Waals surface area contributed by atoms with Gasteiger partial charge in [0.2, 0.25) is 15.9 Å². The summed E-state index contributed by atoms with van der Waals surface area (Å²) < 4.78 is 48.4. The van der Waals surface area contributed by atoms with E-state index in [-0.39, 0.29) is 29.7 Å². The van der Waals surface area contributed by atoms with E-state index in [1.54, 1.807) is 0 Å². The van der Waals surface area contributed by atoms with Crippen LogP contribution in [0.1, 0.15) is 12.8 Å².